The molecule has 162 valence electrons. The van der Waals surface area contributed by atoms with Crippen LogP contribution < -0.4 is 10.1 Å². The maximum Gasteiger partial charge on any atom is 0.243 e. The van der Waals surface area contributed by atoms with Crippen molar-refractivity contribution in [3.8, 4) is 5.75 Å². The van der Waals surface area contributed by atoms with E-state index in [0.717, 1.165) is 19.3 Å². The van der Waals surface area contributed by atoms with Crippen LogP contribution in [0.1, 0.15) is 33.1 Å². The topological polar surface area (TPSA) is 88.2 Å². The van der Waals surface area contributed by atoms with Gasteiger partial charge in [-0.3, -0.25) is 9.69 Å². The molecule has 0 spiro atoms. The second-order valence-electron chi connectivity index (χ2n) is 7.83. The van der Waals surface area contributed by atoms with Gasteiger partial charge in [0.05, 0.1) is 36.4 Å². The molecule has 2 aliphatic rings. The number of benzene rings is 1. The van der Waals surface area contributed by atoms with Crippen molar-refractivity contribution in [2.75, 3.05) is 45.2 Å². The fourth-order valence-electron chi connectivity index (χ4n) is 4.01. The summed E-state index contributed by atoms with van der Waals surface area (Å²) in [7, 11) is -2.09. The smallest absolute Gasteiger partial charge is 0.243 e. The third-order valence-corrected chi connectivity index (χ3v) is 7.15. The molecule has 2 heterocycles. The molecule has 0 bridgehead atoms. The number of hydrogen-bond acceptors (Lipinski definition) is 6. The number of piperidine rings is 1. The van der Waals surface area contributed by atoms with Crippen LogP contribution in [-0.2, 0) is 19.6 Å². The largest absolute Gasteiger partial charge is 0.495 e. The lowest BCUT2D eigenvalue weighted by atomic mass is 10.2. The van der Waals surface area contributed by atoms with Gasteiger partial charge in [-0.15, -0.1) is 0 Å². The Balaban J connectivity index is 1.74. The number of carbonyl (C=O) groups is 1. The van der Waals surface area contributed by atoms with Crippen molar-refractivity contribution >= 4 is 21.6 Å². The molecular formula is C20H31N3O5S. The second kappa shape index (κ2) is 9.42. The second-order valence-corrected chi connectivity index (χ2v) is 9.76. The van der Waals surface area contributed by atoms with Crippen LogP contribution in [0.25, 0.3) is 0 Å². The fourth-order valence-corrected chi connectivity index (χ4v) is 5.55. The molecule has 0 saturated carbocycles. The molecule has 8 nitrogen and oxygen atoms in total. The number of hydrogen-bond donors (Lipinski definition) is 1. The van der Waals surface area contributed by atoms with Crippen molar-refractivity contribution in [1.29, 1.82) is 0 Å². The number of rotatable bonds is 6. The number of sulfonamides is 1. The first-order chi connectivity index (χ1) is 13.8. The molecule has 9 heteroatoms. The Morgan fingerprint density at radius 2 is 1.83 bits per heavy atom. The van der Waals surface area contributed by atoms with Gasteiger partial charge in [0, 0.05) is 26.2 Å². The average Bonchev–Trinajstić information content (AvgIpc) is 2.67. The molecule has 29 heavy (non-hydrogen) atoms. The van der Waals surface area contributed by atoms with E-state index in [9.17, 15) is 13.2 Å². The standard InChI is InChI=1S/C20H31N3O5S/c1-15-12-22(13-16(2)28-15)14-20(24)21-18-11-17(7-8-19(18)27-3)29(25,26)23-9-5-4-6-10-23/h7-8,11,15-16H,4-6,9-10,12-14H2,1-3H3,(H,21,24)/t15-,16-/m0/s1. The molecule has 1 N–H and O–H groups in total. The zero-order valence-corrected chi connectivity index (χ0v) is 18.2. The van der Waals surface area contributed by atoms with Crippen molar-refractivity contribution in [2.24, 2.45) is 0 Å². The average molecular weight is 426 g/mol. The Morgan fingerprint density at radius 1 is 1.17 bits per heavy atom. The minimum Gasteiger partial charge on any atom is -0.495 e. The molecule has 0 unspecified atom stereocenters. The van der Waals surface area contributed by atoms with Crippen LogP contribution in [-0.4, -0.2) is 75.6 Å². The Kier molecular flexibility index (Phi) is 7.15. The number of anilines is 1. The molecule has 2 fully saturated rings. The Bertz CT molecular complexity index is 813. The van der Waals surface area contributed by atoms with E-state index in [2.05, 4.69) is 5.32 Å². The van der Waals surface area contributed by atoms with Gasteiger partial charge in [-0.2, -0.15) is 4.31 Å². The summed E-state index contributed by atoms with van der Waals surface area (Å²) in [5, 5.41) is 2.82. The minimum absolute atomic E-state index is 0.0686. The molecule has 2 saturated heterocycles. The van der Waals surface area contributed by atoms with Crippen LogP contribution in [0, 0.1) is 0 Å². The van der Waals surface area contributed by atoms with Crippen LogP contribution in [0.5, 0.6) is 5.75 Å². The van der Waals surface area contributed by atoms with Crippen molar-refractivity contribution in [3.63, 3.8) is 0 Å². The third kappa shape index (κ3) is 5.48. The van der Waals surface area contributed by atoms with E-state index >= 15 is 0 Å². The highest BCUT2D eigenvalue weighted by Gasteiger charge is 2.28. The van der Waals surface area contributed by atoms with Gasteiger partial charge in [-0.1, -0.05) is 6.42 Å². The van der Waals surface area contributed by atoms with Gasteiger partial charge in [0.1, 0.15) is 5.75 Å². The summed E-state index contributed by atoms with van der Waals surface area (Å²) in [4.78, 5) is 14.8. The van der Waals surface area contributed by atoms with Crippen LogP contribution >= 0.6 is 0 Å². The summed E-state index contributed by atoms with van der Waals surface area (Å²) in [5.41, 5.74) is 0.366. The molecule has 1 aromatic rings. The van der Waals surface area contributed by atoms with E-state index in [1.165, 1.54) is 23.5 Å². The van der Waals surface area contributed by atoms with Gasteiger partial charge in [0.2, 0.25) is 15.9 Å². The number of ether oxygens (including phenoxy) is 2. The predicted molar refractivity (Wildman–Crippen MR) is 111 cm³/mol. The summed E-state index contributed by atoms with van der Waals surface area (Å²) in [6, 6.07) is 4.61. The molecule has 2 atom stereocenters. The summed E-state index contributed by atoms with van der Waals surface area (Å²) in [6.07, 6.45) is 2.93. The van der Waals surface area contributed by atoms with Crippen LogP contribution in [0.15, 0.2) is 23.1 Å². The monoisotopic (exact) mass is 425 g/mol. The Morgan fingerprint density at radius 3 is 2.45 bits per heavy atom. The normalized spacial score (nSPS) is 24.2. The first kappa shape index (κ1) is 22.0. The molecular weight excluding hydrogens is 394 g/mol. The van der Waals surface area contributed by atoms with Gasteiger partial charge >= 0.3 is 0 Å². The van der Waals surface area contributed by atoms with Gasteiger partial charge in [-0.25, -0.2) is 8.42 Å². The minimum atomic E-state index is -3.59. The van der Waals surface area contributed by atoms with Crippen LogP contribution in [0.4, 0.5) is 5.69 Å². The summed E-state index contributed by atoms with van der Waals surface area (Å²) in [6.45, 7) is 6.60. The van der Waals surface area contributed by atoms with E-state index in [1.54, 1.807) is 6.07 Å². The molecule has 3 rings (SSSR count). The highest BCUT2D eigenvalue weighted by atomic mass is 32.2. The SMILES string of the molecule is COc1ccc(S(=O)(=O)N2CCCCC2)cc1NC(=O)CN1C[C@H](C)O[C@@H](C)C1. The highest BCUT2D eigenvalue weighted by Crippen LogP contribution is 2.30. The zero-order valence-electron chi connectivity index (χ0n) is 17.4. The lowest BCUT2D eigenvalue weighted by Crippen LogP contribution is -2.48. The number of nitrogens with one attached hydrogen (secondary N) is 1. The molecule has 1 aromatic carbocycles. The molecule has 0 aliphatic carbocycles. The number of nitrogens with zero attached hydrogens (tertiary/aromatic N) is 2. The van der Waals surface area contributed by atoms with Gasteiger partial charge in [0.15, 0.2) is 0 Å². The van der Waals surface area contributed by atoms with Crippen LogP contribution in [0.3, 0.4) is 0 Å². The number of carbonyl (C=O) groups excluding carboxylic acids is 1. The van der Waals surface area contributed by atoms with E-state index in [-0.39, 0.29) is 29.6 Å². The van der Waals surface area contributed by atoms with Gasteiger partial charge in [-0.05, 0) is 44.9 Å². The molecule has 2 aliphatic heterocycles. The Labute approximate surface area is 173 Å². The van der Waals surface area contributed by atoms with E-state index in [1.807, 2.05) is 18.7 Å². The molecule has 1 amide bonds. The van der Waals surface area contributed by atoms with E-state index in [4.69, 9.17) is 9.47 Å². The van der Waals surface area contributed by atoms with Crippen LogP contribution in [0.2, 0.25) is 0 Å². The zero-order chi connectivity index (χ0) is 21.0. The van der Waals surface area contributed by atoms with Crippen molar-refractivity contribution in [1.82, 2.24) is 9.21 Å². The lowest BCUT2D eigenvalue weighted by molar-refractivity contribution is -0.121. The highest BCUT2D eigenvalue weighted by molar-refractivity contribution is 7.89. The van der Waals surface area contributed by atoms with Crippen molar-refractivity contribution in [3.05, 3.63) is 18.2 Å². The molecule has 0 aromatic heterocycles. The number of morpholine rings is 1. The third-order valence-electron chi connectivity index (χ3n) is 5.26. The van der Waals surface area contributed by atoms with Crippen molar-refractivity contribution in [2.45, 2.75) is 50.2 Å². The number of amides is 1. The summed E-state index contributed by atoms with van der Waals surface area (Å²) in [5.74, 6) is 0.219. The fraction of sp³-hybridized carbons (Fsp3) is 0.650. The Hall–Kier alpha value is -1.68. The van der Waals surface area contributed by atoms with E-state index < -0.39 is 10.0 Å². The predicted octanol–water partition coefficient (Wildman–Crippen LogP) is 1.92. The summed E-state index contributed by atoms with van der Waals surface area (Å²) >= 11 is 0. The van der Waals surface area contributed by atoms with Crippen molar-refractivity contribution < 1.29 is 22.7 Å². The number of methoxy groups -OCH3 is 1. The lowest BCUT2D eigenvalue weighted by Gasteiger charge is -2.34. The van der Waals surface area contributed by atoms with Gasteiger partial charge in [0.25, 0.3) is 0 Å². The quantitative estimate of drug-likeness (QED) is 0.749. The van der Waals surface area contributed by atoms with E-state index in [0.29, 0.717) is 37.6 Å². The molecule has 0 radical (unpaired) electrons. The first-order valence-corrected chi connectivity index (χ1v) is 11.6. The first-order valence-electron chi connectivity index (χ1n) is 10.2. The summed E-state index contributed by atoms with van der Waals surface area (Å²) < 4.78 is 38.5. The van der Waals surface area contributed by atoms with Gasteiger partial charge < -0.3 is 14.8 Å². The maximum atomic E-state index is 13.0. The maximum absolute atomic E-state index is 13.0.